The van der Waals surface area contributed by atoms with Crippen molar-refractivity contribution in [1.82, 2.24) is 20.9 Å². The first-order valence-corrected chi connectivity index (χ1v) is 7.77. The van der Waals surface area contributed by atoms with E-state index in [4.69, 9.17) is 0 Å². The molecule has 0 bridgehead atoms. The van der Waals surface area contributed by atoms with Crippen LogP contribution in [0.3, 0.4) is 0 Å². The van der Waals surface area contributed by atoms with Crippen LogP contribution in [0.1, 0.15) is 36.9 Å². The lowest BCUT2D eigenvalue weighted by atomic mass is 10.1. The highest BCUT2D eigenvalue weighted by molar-refractivity contribution is 7.09. The molecule has 0 saturated carbocycles. The molecule has 0 spiro atoms. The predicted molar refractivity (Wildman–Crippen MR) is 77.7 cm³/mol. The van der Waals surface area contributed by atoms with Crippen molar-refractivity contribution in [3.63, 3.8) is 0 Å². The predicted octanol–water partition coefficient (Wildman–Crippen LogP) is 0.700. The van der Waals surface area contributed by atoms with Gasteiger partial charge in [-0.3, -0.25) is 14.9 Å². The van der Waals surface area contributed by atoms with Crippen LogP contribution in [-0.2, 0) is 22.6 Å². The standard InChI is InChI=1S/C13H18N4O3S/c1-2-3-11-15-8(7-21-11)6-14-10(18)5-4-9-12(19)17-13(20)16-9/h7,9H,2-6H2,1H3,(H,14,18)(H2,16,17,19,20)/t9-/m0/s1. The Morgan fingerprint density at radius 3 is 2.95 bits per heavy atom. The molecule has 1 aromatic rings. The molecule has 1 fully saturated rings. The van der Waals surface area contributed by atoms with E-state index in [9.17, 15) is 14.4 Å². The van der Waals surface area contributed by atoms with E-state index in [0.717, 1.165) is 23.5 Å². The summed E-state index contributed by atoms with van der Waals surface area (Å²) in [5.41, 5.74) is 0.851. The van der Waals surface area contributed by atoms with Gasteiger partial charge in [0.15, 0.2) is 0 Å². The van der Waals surface area contributed by atoms with E-state index in [1.54, 1.807) is 11.3 Å². The summed E-state index contributed by atoms with van der Waals surface area (Å²) in [6.45, 7) is 2.49. The van der Waals surface area contributed by atoms with Crippen LogP contribution in [0, 0.1) is 0 Å². The van der Waals surface area contributed by atoms with Gasteiger partial charge in [-0.2, -0.15) is 0 Å². The molecule has 8 heteroatoms. The van der Waals surface area contributed by atoms with Gasteiger partial charge in [-0.1, -0.05) is 6.92 Å². The van der Waals surface area contributed by atoms with Gasteiger partial charge in [-0.25, -0.2) is 9.78 Å². The van der Waals surface area contributed by atoms with Crippen molar-refractivity contribution < 1.29 is 14.4 Å². The largest absolute Gasteiger partial charge is 0.350 e. The summed E-state index contributed by atoms with van der Waals surface area (Å²) in [4.78, 5) is 38.4. The van der Waals surface area contributed by atoms with Crippen molar-refractivity contribution in [2.75, 3.05) is 0 Å². The van der Waals surface area contributed by atoms with Crippen molar-refractivity contribution in [3.05, 3.63) is 16.1 Å². The highest BCUT2D eigenvalue weighted by atomic mass is 32.1. The molecule has 2 heterocycles. The SMILES string of the molecule is CCCc1nc(CNC(=O)CC[C@@H]2NC(=O)NC2=O)cs1. The van der Waals surface area contributed by atoms with E-state index < -0.39 is 12.1 Å². The fourth-order valence-corrected chi connectivity index (χ4v) is 2.87. The monoisotopic (exact) mass is 310 g/mol. The Labute approximate surface area is 126 Å². The number of hydrogen-bond acceptors (Lipinski definition) is 5. The van der Waals surface area contributed by atoms with Crippen LogP contribution in [0.15, 0.2) is 5.38 Å². The summed E-state index contributed by atoms with van der Waals surface area (Å²) in [6, 6.07) is -1.12. The van der Waals surface area contributed by atoms with Gasteiger partial charge in [0.05, 0.1) is 17.2 Å². The van der Waals surface area contributed by atoms with E-state index in [0.29, 0.717) is 13.0 Å². The lowest BCUT2D eigenvalue weighted by molar-refractivity contribution is -0.122. The number of aromatic nitrogens is 1. The van der Waals surface area contributed by atoms with Crippen molar-refractivity contribution in [2.45, 2.75) is 45.2 Å². The maximum atomic E-state index is 11.7. The van der Waals surface area contributed by atoms with Crippen LogP contribution in [0.25, 0.3) is 0 Å². The van der Waals surface area contributed by atoms with Gasteiger partial charge >= 0.3 is 6.03 Å². The van der Waals surface area contributed by atoms with Crippen molar-refractivity contribution in [1.29, 1.82) is 0 Å². The second-order valence-corrected chi connectivity index (χ2v) is 5.76. The number of nitrogens with zero attached hydrogens (tertiary/aromatic N) is 1. The molecule has 114 valence electrons. The Morgan fingerprint density at radius 2 is 2.29 bits per heavy atom. The number of rotatable bonds is 7. The van der Waals surface area contributed by atoms with Gasteiger partial charge in [0.1, 0.15) is 6.04 Å². The second-order valence-electron chi connectivity index (χ2n) is 4.81. The fourth-order valence-electron chi connectivity index (χ4n) is 1.97. The van der Waals surface area contributed by atoms with Gasteiger partial charge in [-0.15, -0.1) is 11.3 Å². The number of carbonyl (C=O) groups is 3. The van der Waals surface area contributed by atoms with Crippen LogP contribution >= 0.6 is 11.3 Å². The van der Waals surface area contributed by atoms with Crippen LogP contribution in [0.5, 0.6) is 0 Å². The third kappa shape index (κ3) is 4.52. The van der Waals surface area contributed by atoms with Crippen LogP contribution in [0.4, 0.5) is 4.79 Å². The lowest BCUT2D eigenvalue weighted by Gasteiger charge is -2.07. The molecule has 3 N–H and O–H groups in total. The zero-order valence-corrected chi connectivity index (χ0v) is 12.6. The summed E-state index contributed by atoms with van der Waals surface area (Å²) in [5.74, 6) is -0.537. The maximum Gasteiger partial charge on any atom is 0.322 e. The number of aryl methyl sites for hydroxylation is 1. The minimum absolute atomic E-state index is 0.158. The van der Waals surface area contributed by atoms with Gasteiger partial charge < -0.3 is 10.6 Å². The third-order valence-corrected chi connectivity index (χ3v) is 4.01. The Balaban J connectivity index is 1.69. The number of imide groups is 1. The summed E-state index contributed by atoms with van der Waals surface area (Å²) < 4.78 is 0. The molecule has 1 saturated heterocycles. The summed E-state index contributed by atoms with van der Waals surface area (Å²) in [6.07, 6.45) is 2.48. The molecular weight excluding hydrogens is 292 g/mol. The van der Waals surface area contributed by atoms with Gasteiger partial charge in [0.25, 0.3) is 5.91 Å². The highest BCUT2D eigenvalue weighted by Gasteiger charge is 2.29. The molecule has 1 aliphatic heterocycles. The fraction of sp³-hybridized carbons (Fsp3) is 0.538. The van der Waals surface area contributed by atoms with Crippen LogP contribution in [-0.4, -0.2) is 28.9 Å². The molecule has 0 aliphatic carbocycles. The molecule has 1 aliphatic rings. The molecule has 2 rings (SSSR count). The molecule has 1 aromatic heterocycles. The number of thiazole rings is 1. The molecule has 4 amide bonds. The molecule has 0 aromatic carbocycles. The van der Waals surface area contributed by atoms with E-state index in [1.807, 2.05) is 5.38 Å². The average molecular weight is 310 g/mol. The van der Waals surface area contributed by atoms with Crippen molar-refractivity contribution >= 4 is 29.2 Å². The zero-order valence-electron chi connectivity index (χ0n) is 11.8. The topological polar surface area (TPSA) is 100 Å². The number of urea groups is 1. The Hall–Kier alpha value is -1.96. The molecule has 1 atom stereocenters. The average Bonchev–Trinajstić information content (AvgIpc) is 3.01. The first kappa shape index (κ1) is 15.4. The number of amides is 4. The van der Waals surface area contributed by atoms with E-state index in [-0.39, 0.29) is 18.2 Å². The lowest BCUT2D eigenvalue weighted by Crippen LogP contribution is -2.31. The normalized spacial score (nSPS) is 17.5. The minimum Gasteiger partial charge on any atom is -0.350 e. The zero-order chi connectivity index (χ0) is 15.2. The highest BCUT2D eigenvalue weighted by Crippen LogP contribution is 2.11. The second kappa shape index (κ2) is 7.16. The number of nitrogens with one attached hydrogen (secondary N) is 3. The van der Waals surface area contributed by atoms with Crippen molar-refractivity contribution in [2.24, 2.45) is 0 Å². The first-order valence-electron chi connectivity index (χ1n) is 6.90. The maximum absolute atomic E-state index is 11.7. The van der Waals surface area contributed by atoms with Crippen molar-refractivity contribution in [3.8, 4) is 0 Å². The molecule has 0 radical (unpaired) electrons. The van der Waals surface area contributed by atoms with E-state index in [2.05, 4.69) is 27.9 Å². The Kier molecular flexibility index (Phi) is 5.26. The van der Waals surface area contributed by atoms with Crippen LogP contribution < -0.4 is 16.0 Å². The summed E-state index contributed by atoms with van der Waals surface area (Å²) in [5, 5.41) is 10.4. The Morgan fingerprint density at radius 1 is 1.48 bits per heavy atom. The summed E-state index contributed by atoms with van der Waals surface area (Å²) >= 11 is 1.60. The molecule has 7 nitrogen and oxygen atoms in total. The molecule has 21 heavy (non-hydrogen) atoms. The van der Waals surface area contributed by atoms with E-state index in [1.165, 1.54) is 0 Å². The minimum atomic E-state index is -0.612. The Bertz CT molecular complexity index is 543. The quantitative estimate of drug-likeness (QED) is 0.645. The molecule has 0 unspecified atom stereocenters. The van der Waals surface area contributed by atoms with Crippen LogP contribution in [0.2, 0.25) is 0 Å². The number of carbonyl (C=O) groups excluding carboxylic acids is 3. The number of hydrogen-bond donors (Lipinski definition) is 3. The third-order valence-electron chi connectivity index (χ3n) is 3.05. The first-order chi connectivity index (χ1) is 10.1. The van der Waals surface area contributed by atoms with Gasteiger partial charge in [0.2, 0.25) is 5.91 Å². The smallest absolute Gasteiger partial charge is 0.322 e. The van der Waals surface area contributed by atoms with E-state index >= 15 is 0 Å². The summed E-state index contributed by atoms with van der Waals surface area (Å²) in [7, 11) is 0. The van der Waals surface area contributed by atoms with Gasteiger partial charge in [0, 0.05) is 11.8 Å². The molecular formula is C13H18N4O3S. The van der Waals surface area contributed by atoms with Gasteiger partial charge in [-0.05, 0) is 19.3 Å².